The number of likely N-dealkylation sites (tertiary alicyclic amines) is 1. The van der Waals surface area contributed by atoms with Crippen molar-refractivity contribution in [2.24, 2.45) is 5.41 Å². The van der Waals surface area contributed by atoms with E-state index >= 15 is 0 Å². The van der Waals surface area contributed by atoms with Crippen LogP contribution in [0.15, 0.2) is 22.7 Å². The molecule has 0 radical (unpaired) electrons. The van der Waals surface area contributed by atoms with Crippen LogP contribution in [-0.4, -0.2) is 31.1 Å². The smallest absolute Gasteiger partial charge is 0.0462 e. The second-order valence-electron chi connectivity index (χ2n) is 5.62. The summed E-state index contributed by atoms with van der Waals surface area (Å²) in [5, 5.41) is 4.37. The van der Waals surface area contributed by atoms with E-state index in [9.17, 15) is 0 Å². The molecular formula is C14H18BrClN2. The Kier molecular flexibility index (Phi) is 3.68. The zero-order valence-electron chi connectivity index (χ0n) is 10.4. The number of hydrogen-bond donors (Lipinski definition) is 1. The fourth-order valence-electron chi connectivity index (χ4n) is 3.20. The van der Waals surface area contributed by atoms with Gasteiger partial charge in [-0.3, -0.25) is 4.90 Å². The maximum Gasteiger partial charge on any atom is 0.0462 e. The molecule has 3 rings (SSSR count). The van der Waals surface area contributed by atoms with Gasteiger partial charge in [-0.15, -0.1) is 0 Å². The summed E-state index contributed by atoms with van der Waals surface area (Å²) in [5.74, 6) is 0. The van der Waals surface area contributed by atoms with Gasteiger partial charge in [-0.1, -0.05) is 33.6 Å². The molecule has 0 saturated carbocycles. The Morgan fingerprint density at radius 3 is 3.00 bits per heavy atom. The largest absolute Gasteiger partial charge is 0.316 e. The number of halogens is 2. The summed E-state index contributed by atoms with van der Waals surface area (Å²) in [6, 6.07) is 6.19. The Morgan fingerprint density at radius 2 is 2.28 bits per heavy atom. The lowest BCUT2D eigenvalue weighted by molar-refractivity contribution is 0.269. The van der Waals surface area contributed by atoms with E-state index in [0.717, 1.165) is 16.0 Å². The van der Waals surface area contributed by atoms with Crippen LogP contribution in [-0.2, 0) is 6.54 Å². The second kappa shape index (κ2) is 5.12. The molecular weight excluding hydrogens is 312 g/mol. The van der Waals surface area contributed by atoms with Crippen molar-refractivity contribution in [2.45, 2.75) is 19.4 Å². The van der Waals surface area contributed by atoms with Crippen molar-refractivity contribution < 1.29 is 0 Å². The fraction of sp³-hybridized carbons (Fsp3) is 0.571. The molecule has 2 aliphatic rings. The zero-order valence-corrected chi connectivity index (χ0v) is 12.7. The minimum atomic E-state index is 0.543. The standard InChI is InChI=1S/C14H18BrClN2/c15-12-2-1-11(13(16)7-12)8-18-6-4-14(10-18)3-5-17-9-14/h1-2,7,17H,3-6,8-10H2. The Morgan fingerprint density at radius 1 is 1.39 bits per heavy atom. The highest BCUT2D eigenvalue weighted by molar-refractivity contribution is 9.10. The summed E-state index contributed by atoms with van der Waals surface area (Å²) in [6.45, 7) is 5.78. The minimum Gasteiger partial charge on any atom is -0.316 e. The molecule has 18 heavy (non-hydrogen) atoms. The molecule has 2 nitrogen and oxygen atoms in total. The van der Waals surface area contributed by atoms with E-state index in [4.69, 9.17) is 11.6 Å². The number of nitrogens with one attached hydrogen (secondary N) is 1. The first-order valence-electron chi connectivity index (χ1n) is 6.54. The molecule has 4 heteroatoms. The first kappa shape index (κ1) is 12.9. The Hall–Kier alpha value is -0.0900. The van der Waals surface area contributed by atoms with Crippen LogP contribution in [0, 0.1) is 5.41 Å². The van der Waals surface area contributed by atoms with E-state index in [-0.39, 0.29) is 0 Å². The SMILES string of the molecule is Clc1cc(Br)ccc1CN1CCC2(CCNC2)C1. The fourth-order valence-corrected chi connectivity index (χ4v) is 3.93. The summed E-state index contributed by atoms with van der Waals surface area (Å²) in [4.78, 5) is 2.54. The van der Waals surface area contributed by atoms with Gasteiger partial charge in [0.05, 0.1) is 0 Å². The van der Waals surface area contributed by atoms with Gasteiger partial charge in [-0.05, 0) is 49.0 Å². The van der Waals surface area contributed by atoms with E-state index in [1.165, 1.54) is 44.6 Å². The molecule has 0 amide bonds. The molecule has 1 atom stereocenters. The quantitative estimate of drug-likeness (QED) is 0.896. The predicted molar refractivity (Wildman–Crippen MR) is 79.0 cm³/mol. The molecule has 0 bridgehead atoms. The van der Waals surface area contributed by atoms with Crippen molar-refractivity contribution in [3.8, 4) is 0 Å². The maximum atomic E-state index is 6.29. The number of nitrogens with zero attached hydrogens (tertiary/aromatic N) is 1. The molecule has 1 spiro atoms. The topological polar surface area (TPSA) is 15.3 Å². The minimum absolute atomic E-state index is 0.543. The average Bonchev–Trinajstić information content (AvgIpc) is 2.94. The van der Waals surface area contributed by atoms with Crippen LogP contribution in [0.5, 0.6) is 0 Å². The summed E-state index contributed by atoms with van der Waals surface area (Å²) < 4.78 is 1.05. The third-order valence-electron chi connectivity index (χ3n) is 4.26. The lowest BCUT2D eigenvalue weighted by atomic mass is 9.86. The van der Waals surface area contributed by atoms with Gasteiger partial charge in [0.15, 0.2) is 0 Å². The Bertz CT molecular complexity index is 443. The van der Waals surface area contributed by atoms with Crippen LogP contribution < -0.4 is 5.32 Å². The van der Waals surface area contributed by atoms with Crippen molar-refractivity contribution in [3.05, 3.63) is 33.3 Å². The number of rotatable bonds is 2. The van der Waals surface area contributed by atoms with E-state index in [1.54, 1.807) is 0 Å². The molecule has 2 saturated heterocycles. The molecule has 1 aromatic carbocycles. The Balaban J connectivity index is 1.67. The predicted octanol–water partition coefficient (Wildman–Crippen LogP) is 3.29. The summed E-state index contributed by atoms with van der Waals surface area (Å²) in [5.41, 5.74) is 1.78. The van der Waals surface area contributed by atoms with Gasteiger partial charge in [0.2, 0.25) is 0 Å². The first-order valence-corrected chi connectivity index (χ1v) is 7.71. The summed E-state index contributed by atoms with van der Waals surface area (Å²) >= 11 is 9.74. The van der Waals surface area contributed by atoms with Crippen molar-refractivity contribution in [2.75, 3.05) is 26.2 Å². The van der Waals surface area contributed by atoms with E-state index in [1.807, 2.05) is 6.07 Å². The molecule has 2 heterocycles. The van der Waals surface area contributed by atoms with Gasteiger partial charge in [-0.2, -0.15) is 0 Å². The van der Waals surface area contributed by atoms with Gasteiger partial charge >= 0.3 is 0 Å². The normalized spacial score (nSPS) is 28.3. The molecule has 1 N–H and O–H groups in total. The van der Waals surface area contributed by atoms with Crippen molar-refractivity contribution in [1.29, 1.82) is 0 Å². The van der Waals surface area contributed by atoms with Crippen LogP contribution in [0.25, 0.3) is 0 Å². The number of hydrogen-bond acceptors (Lipinski definition) is 2. The van der Waals surface area contributed by atoms with Crippen LogP contribution in [0.3, 0.4) is 0 Å². The molecule has 98 valence electrons. The van der Waals surface area contributed by atoms with Crippen molar-refractivity contribution in [1.82, 2.24) is 10.2 Å². The van der Waals surface area contributed by atoms with E-state index in [2.05, 4.69) is 38.3 Å². The van der Waals surface area contributed by atoms with Gasteiger partial charge in [-0.25, -0.2) is 0 Å². The maximum absolute atomic E-state index is 6.29. The van der Waals surface area contributed by atoms with Gasteiger partial charge in [0.25, 0.3) is 0 Å². The van der Waals surface area contributed by atoms with Crippen molar-refractivity contribution in [3.63, 3.8) is 0 Å². The van der Waals surface area contributed by atoms with Crippen LogP contribution >= 0.6 is 27.5 Å². The lowest BCUT2D eigenvalue weighted by Crippen LogP contribution is -2.29. The third-order valence-corrected chi connectivity index (χ3v) is 5.10. The molecule has 0 aliphatic carbocycles. The monoisotopic (exact) mass is 328 g/mol. The first-order chi connectivity index (χ1) is 8.67. The number of benzene rings is 1. The highest BCUT2D eigenvalue weighted by Crippen LogP contribution is 2.37. The van der Waals surface area contributed by atoms with E-state index < -0.39 is 0 Å². The van der Waals surface area contributed by atoms with E-state index in [0.29, 0.717) is 5.41 Å². The van der Waals surface area contributed by atoms with Gasteiger partial charge < -0.3 is 5.32 Å². The third kappa shape index (κ3) is 2.60. The molecule has 2 fully saturated rings. The second-order valence-corrected chi connectivity index (χ2v) is 6.95. The highest BCUT2D eigenvalue weighted by atomic mass is 79.9. The zero-order chi connectivity index (χ0) is 12.6. The van der Waals surface area contributed by atoms with Crippen LogP contribution in [0.2, 0.25) is 5.02 Å². The summed E-state index contributed by atoms with van der Waals surface area (Å²) in [6.07, 6.45) is 2.66. The van der Waals surface area contributed by atoms with Crippen molar-refractivity contribution >= 4 is 27.5 Å². The summed E-state index contributed by atoms with van der Waals surface area (Å²) in [7, 11) is 0. The van der Waals surface area contributed by atoms with Gasteiger partial charge in [0, 0.05) is 29.1 Å². The average molecular weight is 330 g/mol. The molecule has 2 aliphatic heterocycles. The molecule has 0 aromatic heterocycles. The van der Waals surface area contributed by atoms with Crippen LogP contribution in [0.1, 0.15) is 18.4 Å². The molecule has 1 aromatic rings. The van der Waals surface area contributed by atoms with Gasteiger partial charge in [0.1, 0.15) is 0 Å². The van der Waals surface area contributed by atoms with Crippen LogP contribution in [0.4, 0.5) is 0 Å². The lowest BCUT2D eigenvalue weighted by Gasteiger charge is -2.23. The Labute approximate surface area is 122 Å². The molecule has 1 unspecified atom stereocenters. The highest BCUT2D eigenvalue weighted by Gasteiger charge is 2.40.